The van der Waals surface area contributed by atoms with Crippen molar-refractivity contribution in [3.05, 3.63) is 60.7 Å². The van der Waals surface area contributed by atoms with Gasteiger partial charge in [-0.3, -0.25) is 10.1 Å². The molecule has 0 aromatic heterocycles. The van der Waals surface area contributed by atoms with E-state index in [-0.39, 0.29) is 5.91 Å². The summed E-state index contributed by atoms with van der Waals surface area (Å²) in [7, 11) is 0. The Kier molecular flexibility index (Phi) is 4.93. The summed E-state index contributed by atoms with van der Waals surface area (Å²) >= 11 is 3.14. The van der Waals surface area contributed by atoms with Crippen molar-refractivity contribution >= 4 is 35.5 Å². The molecular weight excluding hydrogens is 328 g/mol. The number of carbonyl (C=O) groups excluding carboxylic acids is 2. The molecule has 23 heavy (non-hydrogen) atoms. The molecule has 1 heterocycles. The minimum atomic E-state index is -0.891. The number of amides is 3. The van der Waals surface area contributed by atoms with Gasteiger partial charge in [0.15, 0.2) is 0 Å². The van der Waals surface area contributed by atoms with E-state index in [1.54, 1.807) is 23.5 Å². The highest BCUT2D eigenvalue weighted by atomic mass is 32.2. The lowest BCUT2D eigenvalue weighted by Crippen LogP contribution is -2.51. The highest BCUT2D eigenvalue weighted by molar-refractivity contribution is 8.00. The highest BCUT2D eigenvalue weighted by Crippen LogP contribution is 2.30. The van der Waals surface area contributed by atoms with Gasteiger partial charge in [-0.05, 0) is 24.3 Å². The molecule has 2 aromatic rings. The largest absolute Gasteiger partial charge is 0.322 e. The van der Waals surface area contributed by atoms with Crippen molar-refractivity contribution in [3.8, 4) is 0 Å². The lowest BCUT2D eigenvalue weighted by atomic mass is 10.1. The zero-order valence-corrected chi connectivity index (χ0v) is 14.0. The van der Waals surface area contributed by atoms with Crippen LogP contribution in [-0.4, -0.2) is 29.0 Å². The maximum Gasteiger partial charge on any atom is 0.322 e. The van der Waals surface area contributed by atoms with Gasteiger partial charge in [-0.15, -0.1) is 23.5 Å². The first-order valence-corrected chi connectivity index (χ1v) is 9.14. The number of imide groups is 1. The monoisotopic (exact) mass is 344 g/mol. The highest BCUT2D eigenvalue weighted by Gasteiger charge is 2.46. The zero-order valence-electron chi connectivity index (χ0n) is 12.3. The summed E-state index contributed by atoms with van der Waals surface area (Å²) in [5.74, 6) is 0.734. The quantitative estimate of drug-likeness (QED) is 0.624. The normalized spacial score (nSPS) is 16.0. The fourth-order valence-corrected chi connectivity index (χ4v) is 4.48. The van der Waals surface area contributed by atoms with Gasteiger partial charge in [0.25, 0.3) is 5.91 Å². The fraction of sp³-hybridized carbons (Fsp3) is 0.176. The summed E-state index contributed by atoms with van der Waals surface area (Å²) in [6, 6.07) is 19.3. The van der Waals surface area contributed by atoms with E-state index in [1.807, 2.05) is 60.7 Å². The Labute approximate surface area is 143 Å². The second-order valence-corrected chi connectivity index (χ2v) is 7.29. The van der Waals surface area contributed by atoms with E-state index in [0.717, 1.165) is 9.79 Å². The average Bonchev–Trinajstić information content (AvgIpc) is 2.87. The van der Waals surface area contributed by atoms with Crippen molar-refractivity contribution < 1.29 is 9.59 Å². The van der Waals surface area contributed by atoms with Gasteiger partial charge in [-0.25, -0.2) is 4.79 Å². The Morgan fingerprint density at radius 3 is 1.65 bits per heavy atom. The van der Waals surface area contributed by atoms with E-state index in [2.05, 4.69) is 10.6 Å². The molecule has 0 aliphatic carbocycles. The SMILES string of the molecule is O=C1NC(=O)C(CSc2ccccc2)(CSc2ccccc2)N1. The molecule has 2 N–H and O–H groups in total. The van der Waals surface area contributed by atoms with Gasteiger partial charge in [0.05, 0.1) is 0 Å². The van der Waals surface area contributed by atoms with E-state index in [1.165, 1.54) is 0 Å². The summed E-state index contributed by atoms with van der Waals surface area (Å²) in [6.07, 6.45) is 0. The van der Waals surface area contributed by atoms with Crippen LogP contribution in [0, 0.1) is 0 Å². The molecule has 3 rings (SSSR count). The van der Waals surface area contributed by atoms with Gasteiger partial charge in [0.1, 0.15) is 5.54 Å². The second-order valence-electron chi connectivity index (χ2n) is 5.19. The van der Waals surface area contributed by atoms with Crippen LogP contribution in [0.3, 0.4) is 0 Å². The maximum atomic E-state index is 12.3. The van der Waals surface area contributed by atoms with Crippen LogP contribution in [0.25, 0.3) is 0 Å². The number of rotatable bonds is 6. The summed E-state index contributed by atoms with van der Waals surface area (Å²) in [4.78, 5) is 26.1. The van der Waals surface area contributed by atoms with Crippen LogP contribution in [0.2, 0.25) is 0 Å². The molecule has 1 saturated heterocycles. The molecule has 118 valence electrons. The number of hydrogen-bond acceptors (Lipinski definition) is 4. The molecule has 1 aliphatic heterocycles. The van der Waals surface area contributed by atoms with Crippen molar-refractivity contribution in [2.45, 2.75) is 15.3 Å². The van der Waals surface area contributed by atoms with E-state index in [9.17, 15) is 9.59 Å². The molecule has 2 aromatic carbocycles. The Morgan fingerprint density at radius 1 is 0.783 bits per heavy atom. The molecule has 0 unspecified atom stereocenters. The van der Waals surface area contributed by atoms with Crippen LogP contribution in [0.5, 0.6) is 0 Å². The molecule has 1 aliphatic rings. The molecule has 3 amide bonds. The lowest BCUT2D eigenvalue weighted by Gasteiger charge is -2.25. The van der Waals surface area contributed by atoms with Crippen LogP contribution in [0.15, 0.2) is 70.5 Å². The minimum absolute atomic E-state index is 0.255. The first-order chi connectivity index (χ1) is 11.2. The third-order valence-electron chi connectivity index (χ3n) is 3.47. The first-order valence-electron chi connectivity index (χ1n) is 7.17. The Hall–Kier alpha value is -1.92. The predicted octanol–water partition coefficient (Wildman–Crippen LogP) is 3.15. The Morgan fingerprint density at radius 2 is 1.26 bits per heavy atom. The van der Waals surface area contributed by atoms with E-state index in [4.69, 9.17) is 0 Å². The summed E-state index contributed by atoms with van der Waals surface area (Å²) in [6.45, 7) is 0. The lowest BCUT2D eigenvalue weighted by molar-refractivity contribution is -0.122. The zero-order chi connectivity index (χ0) is 16.1. The third-order valence-corrected chi connectivity index (χ3v) is 5.96. The van der Waals surface area contributed by atoms with Crippen LogP contribution in [0.1, 0.15) is 0 Å². The first kappa shape index (κ1) is 16.0. The standard InChI is InChI=1S/C17H16N2O2S2/c20-15-17(19-16(21)18-15,11-22-13-7-3-1-4-8-13)12-23-14-9-5-2-6-10-14/h1-10H,11-12H2,(H2,18,19,20,21). The van der Waals surface area contributed by atoms with E-state index in [0.29, 0.717) is 11.5 Å². The van der Waals surface area contributed by atoms with Crippen LogP contribution in [0.4, 0.5) is 4.79 Å². The molecule has 0 radical (unpaired) electrons. The number of carbonyl (C=O) groups is 2. The average molecular weight is 344 g/mol. The van der Waals surface area contributed by atoms with Crippen molar-refractivity contribution in [2.75, 3.05) is 11.5 Å². The molecule has 6 heteroatoms. The van der Waals surface area contributed by atoms with Crippen molar-refractivity contribution in [3.63, 3.8) is 0 Å². The van der Waals surface area contributed by atoms with E-state index >= 15 is 0 Å². The van der Waals surface area contributed by atoms with Crippen LogP contribution in [-0.2, 0) is 4.79 Å². The second kappa shape index (κ2) is 7.10. The summed E-state index contributed by atoms with van der Waals surface area (Å²) in [5, 5.41) is 5.18. The Balaban J connectivity index is 1.72. The maximum absolute atomic E-state index is 12.3. The van der Waals surface area contributed by atoms with Gasteiger partial charge >= 0.3 is 6.03 Å². The van der Waals surface area contributed by atoms with Gasteiger partial charge in [-0.1, -0.05) is 36.4 Å². The minimum Gasteiger partial charge on any atom is -0.322 e. The van der Waals surface area contributed by atoms with E-state index < -0.39 is 11.6 Å². The molecule has 1 fully saturated rings. The van der Waals surface area contributed by atoms with Gasteiger partial charge in [-0.2, -0.15) is 0 Å². The van der Waals surface area contributed by atoms with Crippen LogP contribution < -0.4 is 10.6 Å². The topological polar surface area (TPSA) is 58.2 Å². The third kappa shape index (κ3) is 3.89. The smallest absolute Gasteiger partial charge is 0.322 e. The fourth-order valence-electron chi connectivity index (χ4n) is 2.22. The molecule has 0 bridgehead atoms. The molecule has 0 spiro atoms. The van der Waals surface area contributed by atoms with Crippen LogP contribution >= 0.6 is 23.5 Å². The number of benzene rings is 2. The van der Waals surface area contributed by atoms with Crippen molar-refractivity contribution in [1.29, 1.82) is 0 Å². The molecule has 0 saturated carbocycles. The van der Waals surface area contributed by atoms with Gasteiger partial charge < -0.3 is 5.32 Å². The van der Waals surface area contributed by atoms with Crippen molar-refractivity contribution in [2.24, 2.45) is 0 Å². The van der Waals surface area contributed by atoms with Crippen molar-refractivity contribution in [1.82, 2.24) is 10.6 Å². The molecular formula is C17H16N2O2S2. The summed E-state index contributed by atoms with van der Waals surface area (Å²) in [5.41, 5.74) is -0.891. The van der Waals surface area contributed by atoms with Gasteiger partial charge in [0.2, 0.25) is 0 Å². The number of nitrogens with one attached hydrogen (secondary N) is 2. The summed E-state index contributed by atoms with van der Waals surface area (Å²) < 4.78 is 0. The molecule has 0 atom stereocenters. The number of urea groups is 1. The van der Waals surface area contributed by atoms with Gasteiger partial charge in [0, 0.05) is 21.3 Å². The Bertz CT molecular complexity index is 649. The predicted molar refractivity (Wildman–Crippen MR) is 93.7 cm³/mol. The molecule has 4 nitrogen and oxygen atoms in total. The number of thioether (sulfide) groups is 2. The number of hydrogen-bond donors (Lipinski definition) is 2.